The van der Waals surface area contributed by atoms with Gasteiger partial charge in [0.2, 0.25) is 0 Å². The van der Waals surface area contributed by atoms with Gasteiger partial charge in [-0.05, 0) is 20.3 Å². The summed E-state index contributed by atoms with van der Waals surface area (Å²) < 4.78 is 34.0. The minimum absolute atomic E-state index is 0.0326. The zero-order valence-electron chi connectivity index (χ0n) is 11.7. The molecule has 0 aromatic heterocycles. The summed E-state index contributed by atoms with van der Waals surface area (Å²) in [6, 6.07) is 1.93. The summed E-state index contributed by atoms with van der Waals surface area (Å²) in [5.74, 6) is 0. The van der Waals surface area contributed by atoms with Crippen LogP contribution in [-0.4, -0.2) is 31.5 Å². The lowest BCUT2D eigenvalue weighted by Crippen LogP contribution is -2.24. The van der Waals surface area contributed by atoms with Gasteiger partial charge in [-0.15, -0.1) is 0 Å². The van der Waals surface area contributed by atoms with Crippen LogP contribution in [0, 0.1) is 11.3 Å². The molecule has 3 atom stereocenters. The topological polar surface area (TPSA) is 77.8 Å². The van der Waals surface area contributed by atoms with Crippen LogP contribution in [0.15, 0.2) is 0 Å². The predicted octanol–water partition coefficient (Wildman–Crippen LogP) is 3.03. The van der Waals surface area contributed by atoms with Gasteiger partial charge in [-0.3, -0.25) is 13.6 Å². The first kappa shape index (κ1) is 16.6. The highest BCUT2D eigenvalue weighted by Gasteiger charge is 2.37. The molecule has 0 aromatic carbocycles. The van der Waals surface area contributed by atoms with Gasteiger partial charge < -0.3 is 4.74 Å². The molecule has 0 spiro atoms. The molecule has 0 radical (unpaired) electrons. The minimum atomic E-state index is -3.64. The summed E-state index contributed by atoms with van der Waals surface area (Å²) >= 11 is 0. The second kappa shape index (κ2) is 7.98. The summed E-state index contributed by atoms with van der Waals surface area (Å²) in [7, 11) is -3.64. The van der Waals surface area contributed by atoms with Gasteiger partial charge in [0.25, 0.3) is 0 Å². The van der Waals surface area contributed by atoms with E-state index in [4.69, 9.17) is 23.6 Å². The van der Waals surface area contributed by atoms with Crippen LogP contribution >= 0.6 is 7.82 Å². The third kappa shape index (κ3) is 5.60. The molecule has 110 valence electrons. The summed E-state index contributed by atoms with van der Waals surface area (Å²) in [4.78, 5) is 0. The first-order valence-corrected chi connectivity index (χ1v) is 8.06. The first-order valence-electron chi connectivity index (χ1n) is 6.60. The quantitative estimate of drug-likeness (QED) is 0.505. The number of nitrogens with zero attached hydrogens (tertiary/aromatic N) is 1. The number of rotatable bonds is 8. The fourth-order valence-corrected chi connectivity index (χ4v) is 3.42. The number of nitriles is 1. The molecule has 1 saturated heterocycles. The van der Waals surface area contributed by atoms with Crippen molar-refractivity contribution in [3.63, 3.8) is 0 Å². The Bertz CT molecular complexity index is 355. The van der Waals surface area contributed by atoms with Crippen LogP contribution < -0.4 is 0 Å². The standard InChI is InChI=1S/C12H22NO5P/c1-4-11-12(6-9-15-11)18-19(14,17-10(2)3)16-8-5-7-13/h10-12H,4-6,8-9H2,1-3H3. The van der Waals surface area contributed by atoms with E-state index in [2.05, 4.69) is 0 Å². The molecule has 3 unspecified atom stereocenters. The third-order valence-corrected chi connectivity index (χ3v) is 4.33. The Morgan fingerprint density at radius 3 is 2.84 bits per heavy atom. The minimum Gasteiger partial charge on any atom is -0.375 e. The largest absolute Gasteiger partial charge is 0.475 e. The molecule has 0 bridgehead atoms. The van der Waals surface area contributed by atoms with E-state index < -0.39 is 7.82 Å². The first-order chi connectivity index (χ1) is 9.00. The summed E-state index contributed by atoms with van der Waals surface area (Å²) in [5.41, 5.74) is 0. The Labute approximate surface area is 114 Å². The van der Waals surface area contributed by atoms with Crippen LogP contribution in [-0.2, 0) is 22.9 Å². The Balaban J connectivity index is 2.62. The van der Waals surface area contributed by atoms with Gasteiger partial charge in [-0.2, -0.15) is 5.26 Å². The lowest BCUT2D eigenvalue weighted by molar-refractivity contribution is 0.0156. The average molecular weight is 291 g/mol. The van der Waals surface area contributed by atoms with Crippen LogP contribution in [0.2, 0.25) is 0 Å². The van der Waals surface area contributed by atoms with Crippen LogP contribution in [0.4, 0.5) is 0 Å². The number of phosphoric acid groups is 1. The van der Waals surface area contributed by atoms with Crippen LogP contribution in [0.1, 0.15) is 40.0 Å². The summed E-state index contributed by atoms with van der Waals surface area (Å²) in [5, 5.41) is 8.49. The Hall–Kier alpha value is -0.440. The monoisotopic (exact) mass is 291 g/mol. The zero-order chi connectivity index (χ0) is 14.3. The maximum absolute atomic E-state index is 12.5. The van der Waals surface area contributed by atoms with Crippen LogP contribution in [0.25, 0.3) is 0 Å². The molecule has 6 nitrogen and oxygen atoms in total. The molecule has 1 heterocycles. The van der Waals surface area contributed by atoms with Gasteiger partial charge in [0.05, 0.1) is 37.4 Å². The molecule has 0 aromatic rings. The van der Waals surface area contributed by atoms with E-state index >= 15 is 0 Å². The molecular formula is C12H22NO5P. The van der Waals surface area contributed by atoms with E-state index in [1.807, 2.05) is 13.0 Å². The highest BCUT2D eigenvalue weighted by atomic mass is 31.2. The highest BCUT2D eigenvalue weighted by Crippen LogP contribution is 2.53. The molecule has 1 fully saturated rings. The van der Waals surface area contributed by atoms with Crippen molar-refractivity contribution in [2.45, 2.75) is 58.3 Å². The van der Waals surface area contributed by atoms with Crippen LogP contribution in [0.5, 0.6) is 0 Å². The molecule has 0 amide bonds. The van der Waals surface area contributed by atoms with E-state index in [1.54, 1.807) is 13.8 Å². The lowest BCUT2D eigenvalue weighted by Gasteiger charge is -2.24. The Morgan fingerprint density at radius 1 is 1.53 bits per heavy atom. The predicted molar refractivity (Wildman–Crippen MR) is 69.5 cm³/mol. The molecule has 7 heteroatoms. The van der Waals surface area contributed by atoms with Crippen molar-refractivity contribution in [3.05, 3.63) is 0 Å². The zero-order valence-corrected chi connectivity index (χ0v) is 12.6. The molecule has 0 saturated carbocycles. The average Bonchev–Trinajstić information content (AvgIpc) is 2.75. The molecule has 0 N–H and O–H groups in total. The van der Waals surface area contributed by atoms with Gasteiger partial charge in [-0.1, -0.05) is 6.92 Å². The van der Waals surface area contributed by atoms with Crippen molar-refractivity contribution in [1.29, 1.82) is 5.26 Å². The van der Waals surface area contributed by atoms with Crippen LogP contribution in [0.3, 0.4) is 0 Å². The molecule has 1 rings (SSSR count). The molecule has 1 aliphatic rings. The van der Waals surface area contributed by atoms with E-state index in [0.29, 0.717) is 13.0 Å². The second-order valence-electron chi connectivity index (χ2n) is 4.59. The second-order valence-corrected chi connectivity index (χ2v) is 6.17. The van der Waals surface area contributed by atoms with Crippen molar-refractivity contribution >= 4 is 7.82 Å². The Kier molecular flexibility index (Phi) is 6.98. The van der Waals surface area contributed by atoms with Gasteiger partial charge >= 0.3 is 7.82 Å². The van der Waals surface area contributed by atoms with Gasteiger partial charge in [0.1, 0.15) is 0 Å². The molecule has 19 heavy (non-hydrogen) atoms. The summed E-state index contributed by atoms with van der Waals surface area (Å²) in [6.45, 7) is 6.11. The summed E-state index contributed by atoms with van der Waals surface area (Å²) in [6.07, 6.45) is 0.958. The van der Waals surface area contributed by atoms with E-state index in [0.717, 1.165) is 6.42 Å². The van der Waals surface area contributed by atoms with E-state index in [1.165, 1.54) is 0 Å². The normalized spacial score (nSPS) is 26.3. The van der Waals surface area contributed by atoms with Crippen molar-refractivity contribution in [2.75, 3.05) is 13.2 Å². The van der Waals surface area contributed by atoms with Gasteiger partial charge in [-0.25, -0.2) is 4.57 Å². The number of hydrogen-bond donors (Lipinski definition) is 0. The molecule has 0 aliphatic carbocycles. The van der Waals surface area contributed by atoms with Crippen molar-refractivity contribution in [3.8, 4) is 6.07 Å². The SMILES string of the molecule is CCC1OCCC1OP(=O)(OCCC#N)OC(C)C. The van der Waals surface area contributed by atoms with Gasteiger partial charge in [0, 0.05) is 13.0 Å². The lowest BCUT2D eigenvalue weighted by atomic mass is 10.1. The molecular weight excluding hydrogens is 269 g/mol. The smallest absolute Gasteiger partial charge is 0.375 e. The van der Waals surface area contributed by atoms with E-state index in [-0.39, 0.29) is 31.3 Å². The fourth-order valence-electron chi connectivity index (χ4n) is 1.84. The fraction of sp³-hybridized carbons (Fsp3) is 0.917. The van der Waals surface area contributed by atoms with E-state index in [9.17, 15) is 4.57 Å². The van der Waals surface area contributed by atoms with Crippen molar-refractivity contribution < 1.29 is 22.9 Å². The highest BCUT2D eigenvalue weighted by molar-refractivity contribution is 7.48. The number of ether oxygens (including phenoxy) is 1. The maximum Gasteiger partial charge on any atom is 0.475 e. The van der Waals surface area contributed by atoms with Gasteiger partial charge in [0.15, 0.2) is 0 Å². The number of hydrogen-bond acceptors (Lipinski definition) is 6. The third-order valence-electron chi connectivity index (χ3n) is 2.62. The maximum atomic E-state index is 12.5. The molecule has 1 aliphatic heterocycles. The Morgan fingerprint density at radius 2 is 2.26 bits per heavy atom. The van der Waals surface area contributed by atoms with Crippen molar-refractivity contribution in [2.24, 2.45) is 0 Å². The number of phosphoric ester groups is 1. The van der Waals surface area contributed by atoms with Crippen molar-refractivity contribution in [1.82, 2.24) is 0 Å².